The van der Waals surface area contributed by atoms with Crippen LogP contribution in [0, 0.1) is 11.3 Å². The standard InChI is InChI=1S/C12H24O/c1-5-6-7-12(13)9-11(3,4)8-10(12)2/h10,13H,5-9H2,1-4H3. The summed E-state index contributed by atoms with van der Waals surface area (Å²) >= 11 is 0. The van der Waals surface area contributed by atoms with Crippen molar-refractivity contribution >= 4 is 0 Å². The Morgan fingerprint density at radius 2 is 2.00 bits per heavy atom. The van der Waals surface area contributed by atoms with Crippen molar-refractivity contribution in [3.05, 3.63) is 0 Å². The molecule has 1 fully saturated rings. The Morgan fingerprint density at radius 3 is 2.38 bits per heavy atom. The van der Waals surface area contributed by atoms with Crippen LogP contribution >= 0.6 is 0 Å². The maximum Gasteiger partial charge on any atom is 0.0678 e. The highest BCUT2D eigenvalue weighted by Crippen LogP contribution is 2.49. The molecule has 1 heteroatoms. The van der Waals surface area contributed by atoms with E-state index in [2.05, 4.69) is 27.7 Å². The first-order valence-electron chi connectivity index (χ1n) is 5.62. The summed E-state index contributed by atoms with van der Waals surface area (Å²) in [7, 11) is 0. The molecule has 0 aromatic heterocycles. The predicted octanol–water partition coefficient (Wildman–Crippen LogP) is 3.36. The van der Waals surface area contributed by atoms with E-state index < -0.39 is 0 Å². The lowest BCUT2D eigenvalue weighted by atomic mass is 9.86. The average Bonchev–Trinajstić information content (AvgIpc) is 2.18. The molecular formula is C12H24O. The smallest absolute Gasteiger partial charge is 0.0678 e. The van der Waals surface area contributed by atoms with Crippen molar-refractivity contribution < 1.29 is 5.11 Å². The summed E-state index contributed by atoms with van der Waals surface area (Å²) in [6, 6.07) is 0. The molecule has 13 heavy (non-hydrogen) atoms. The largest absolute Gasteiger partial charge is 0.390 e. The van der Waals surface area contributed by atoms with Gasteiger partial charge in [0.15, 0.2) is 0 Å². The molecule has 0 aromatic carbocycles. The highest BCUT2D eigenvalue weighted by molar-refractivity contribution is 4.98. The van der Waals surface area contributed by atoms with Crippen LogP contribution in [-0.2, 0) is 0 Å². The molecule has 1 aliphatic rings. The molecule has 0 spiro atoms. The zero-order valence-corrected chi connectivity index (χ0v) is 9.56. The third-order valence-corrected chi connectivity index (χ3v) is 3.52. The first-order valence-corrected chi connectivity index (χ1v) is 5.62. The van der Waals surface area contributed by atoms with Crippen molar-refractivity contribution in [3.63, 3.8) is 0 Å². The van der Waals surface area contributed by atoms with Gasteiger partial charge in [0.05, 0.1) is 5.60 Å². The van der Waals surface area contributed by atoms with Crippen LogP contribution in [0.1, 0.15) is 59.8 Å². The molecule has 1 nitrogen and oxygen atoms in total. The van der Waals surface area contributed by atoms with E-state index in [1.165, 1.54) is 12.8 Å². The van der Waals surface area contributed by atoms with Gasteiger partial charge in [-0.2, -0.15) is 0 Å². The van der Waals surface area contributed by atoms with Gasteiger partial charge < -0.3 is 5.11 Å². The van der Waals surface area contributed by atoms with E-state index in [4.69, 9.17) is 0 Å². The van der Waals surface area contributed by atoms with Gasteiger partial charge in [-0.3, -0.25) is 0 Å². The Morgan fingerprint density at radius 1 is 1.38 bits per heavy atom. The van der Waals surface area contributed by atoms with Gasteiger partial charge in [-0.1, -0.05) is 40.5 Å². The highest BCUT2D eigenvalue weighted by atomic mass is 16.3. The van der Waals surface area contributed by atoms with Crippen LogP contribution in [0.3, 0.4) is 0 Å². The van der Waals surface area contributed by atoms with E-state index in [0.29, 0.717) is 11.3 Å². The molecule has 2 atom stereocenters. The third kappa shape index (κ3) is 2.46. The Labute approximate surface area is 82.5 Å². The summed E-state index contributed by atoms with van der Waals surface area (Å²) in [6.07, 6.45) is 5.51. The fraction of sp³-hybridized carbons (Fsp3) is 1.00. The predicted molar refractivity (Wildman–Crippen MR) is 56.7 cm³/mol. The Kier molecular flexibility index (Phi) is 3.06. The second-order valence-electron chi connectivity index (χ2n) is 5.65. The molecule has 0 aliphatic heterocycles. The van der Waals surface area contributed by atoms with Crippen LogP contribution in [0.4, 0.5) is 0 Å². The summed E-state index contributed by atoms with van der Waals surface area (Å²) in [4.78, 5) is 0. The number of hydrogen-bond acceptors (Lipinski definition) is 1. The van der Waals surface area contributed by atoms with Gasteiger partial charge in [0.1, 0.15) is 0 Å². The van der Waals surface area contributed by atoms with Crippen molar-refractivity contribution in [2.45, 2.75) is 65.4 Å². The normalized spacial score (nSPS) is 38.1. The van der Waals surface area contributed by atoms with Crippen molar-refractivity contribution in [1.82, 2.24) is 0 Å². The van der Waals surface area contributed by atoms with Crippen LogP contribution in [0.25, 0.3) is 0 Å². The summed E-state index contributed by atoms with van der Waals surface area (Å²) in [5.41, 5.74) is -0.0125. The lowest BCUT2D eigenvalue weighted by Crippen LogP contribution is -2.31. The maximum atomic E-state index is 10.4. The average molecular weight is 184 g/mol. The van der Waals surface area contributed by atoms with Crippen LogP contribution in [0.15, 0.2) is 0 Å². The van der Waals surface area contributed by atoms with Gasteiger partial charge in [-0.05, 0) is 30.6 Å². The first-order chi connectivity index (χ1) is 5.90. The molecule has 78 valence electrons. The molecule has 0 saturated heterocycles. The van der Waals surface area contributed by atoms with Gasteiger partial charge in [-0.25, -0.2) is 0 Å². The molecule has 0 bridgehead atoms. The SMILES string of the molecule is CCCCC1(O)CC(C)(C)CC1C. The van der Waals surface area contributed by atoms with Crippen molar-refractivity contribution in [2.75, 3.05) is 0 Å². The van der Waals surface area contributed by atoms with Crippen molar-refractivity contribution in [3.8, 4) is 0 Å². The topological polar surface area (TPSA) is 20.2 Å². The zero-order valence-electron chi connectivity index (χ0n) is 9.56. The Bertz CT molecular complexity index is 174. The van der Waals surface area contributed by atoms with Crippen molar-refractivity contribution in [1.29, 1.82) is 0 Å². The van der Waals surface area contributed by atoms with Gasteiger partial charge in [0.2, 0.25) is 0 Å². The summed E-state index contributed by atoms with van der Waals surface area (Å²) < 4.78 is 0. The van der Waals surface area contributed by atoms with E-state index in [1.807, 2.05) is 0 Å². The number of unbranched alkanes of at least 4 members (excludes halogenated alkanes) is 1. The molecule has 0 heterocycles. The third-order valence-electron chi connectivity index (χ3n) is 3.52. The first kappa shape index (κ1) is 11.0. The van der Waals surface area contributed by atoms with E-state index in [1.54, 1.807) is 0 Å². The summed E-state index contributed by atoms with van der Waals surface area (Å²) in [5.74, 6) is 0.481. The fourth-order valence-electron chi connectivity index (χ4n) is 2.91. The minimum absolute atomic E-state index is 0.349. The summed E-state index contributed by atoms with van der Waals surface area (Å²) in [5, 5.41) is 10.4. The highest BCUT2D eigenvalue weighted by Gasteiger charge is 2.46. The number of rotatable bonds is 3. The quantitative estimate of drug-likeness (QED) is 0.713. The lowest BCUT2D eigenvalue weighted by molar-refractivity contribution is -0.00586. The number of aliphatic hydroxyl groups is 1. The molecule has 1 aliphatic carbocycles. The van der Waals surface area contributed by atoms with Crippen LogP contribution in [0.5, 0.6) is 0 Å². The van der Waals surface area contributed by atoms with Gasteiger partial charge in [0.25, 0.3) is 0 Å². The second-order valence-corrected chi connectivity index (χ2v) is 5.65. The van der Waals surface area contributed by atoms with E-state index in [9.17, 15) is 5.11 Å². The van der Waals surface area contributed by atoms with E-state index in [-0.39, 0.29) is 5.60 Å². The van der Waals surface area contributed by atoms with Gasteiger partial charge in [-0.15, -0.1) is 0 Å². The maximum absolute atomic E-state index is 10.4. The minimum atomic E-state index is -0.362. The van der Waals surface area contributed by atoms with Gasteiger partial charge >= 0.3 is 0 Å². The molecular weight excluding hydrogens is 160 g/mol. The second kappa shape index (κ2) is 3.61. The van der Waals surface area contributed by atoms with Crippen LogP contribution in [-0.4, -0.2) is 10.7 Å². The molecule has 1 rings (SSSR count). The Hall–Kier alpha value is -0.0400. The van der Waals surface area contributed by atoms with Crippen LogP contribution < -0.4 is 0 Å². The minimum Gasteiger partial charge on any atom is -0.390 e. The lowest BCUT2D eigenvalue weighted by Gasteiger charge is -2.28. The molecule has 2 unspecified atom stereocenters. The van der Waals surface area contributed by atoms with E-state index >= 15 is 0 Å². The fourth-order valence-corrected chi connectivity index (χ4v) is 2.91. The number of hydrogen-bond donors (Lipinski definition) is 1. The molecule has 1 saturated carbocycles. The van der Waals surface area contributed by atoms with Crippen molar-refractivity contribution in [2.24, 2.45) is 11.3 Å². The molecule has 0 aromatic rings. The van der Waals surface area contributed by atoms with E-state index in [0.717, 1.165) is 19.3 Å². The van der Waals surface area contributed by atoms with Crippen LogP contribution in [0.2, 0.25) is 0 Å². The van der Waals surface area contributed by atoms with Gasteiger partial charge in [0, 0.05) is 0 Å². The monoisotopic (exact) mass is 184 g/mol. The Balaban J connectivity index is 2.58. The molecule has 1 N–H and O–H groups in total. The molecule has 0 amide bonds. The summed E-state index contributed by atoms with van der Waals surface area (Å²) in [6.45, 7) is 8.93. The molecule has 0 radical (unpaired) electrons. The zero-order chi connectivity index (χ0) is 10.1.